The molecule has 4 N–H and O–H groups in total. The van der Waals surface area contributed by atoms with Crippen molar-refractivity contribution in [3.05, 3.63) is 60.2 Å². The fraction of sp³-hybridized carbons (Fsp3) is 0.350. The molecule has 0 unspecified atom stereocenters. The number of anilines is 1. The Morgan fingerprint density at radius 2 is 1.59 bits per heavy atom. The van der Waals surface area contributed by atoms with Crippen molar-refractivity contribution >= 4 is 21.6 Å². The first-order chi connectivity index (χ1) is 12.7. The van der Waals surface area contributed by atoms with Gasteiger partial charge in [-0.15, -0.1) is 0 Å². The number of hydrogen-bond acceptors (Lipinski definition) is 4. The summed E-state index contributed by atoms with van der Waals surface area (Å²) >= 11 is 0. The molecule has 0 aliphatic heterocycles. The molecule has 0 radical (unpaired) electrons. The largest absolute Gasteiger partial charge is 0.325 e. The molecule has 2 aromatic carbocycles. The van der Waals surface area contributed by atoms with E-state index in [9.17, 15) is 13.2 Å². The molecular formula is C20H27N3O3S. The Hall–Kier alpha value is -2.22. The average molecular weight is 390 g/mol. The molecule has 27 heavy (non-hydrogen) atoms. The predicted molar refractivity (Wildman–Crippen MR) is 108 cm³/mol. The molecule has 0 heterocycles. The van der Waals surface area contributed by atoms with Gasteiger partial charge < -0.3 is 5.32 Å². The van der Waals surface area contributed by atoms with Crippen molar-refractivity contribution in [2.75, 3.05) is 5.32 Å². The Bertz CT molecular complexity index is 850. The molecule has 0 aromatic heterocycles. The van der Waals surface area contributed by atoms with Gasteiger partial charge in [-0.3, -0.25) is 10.1 Å². The third kappa shape index (κ3) is 6.46. The molecule has 0 spiro atoms. The monoisotopic (exact) mass is 389 g/mol. The van der Waals surface area contributed by atoms with Crippen LogP contribution in [0.15, 0.2) is 59.5 Å². The predicted octanol–water partition coefficient (Wildman–Crippen LogP) is 3.04. The zero-order valence-electron chi connectivity index (χ0n) is 15.8. The van der Waals surface area contributed by atoms with E-state index >= 15 is 0 Å². The summed E-state index contributed by atoms with van der Waals surface area (Å²) in [7, 11) is -3.75. The van der Waals surface area contributed by atoms with E-state index in [4.69, 9.17) is 5.14 Å². The molecule has 0 aliphatic carbocycles. The van der Waals surface area contributed by atoms with E-state index in [0.29, 0.717) is 11.6 Å². The normalized spacial score (nSPS) is 14.0. The maximum Gasteiger partial charge on any atom is 0.241 e. The van der Waals surface area contributed by atoms with Gasteiger partial charge in [-0.25, -0.2) is 13.6 Å². The van der Waals surface area contributed by atoms with Crippen LogP contribution in [0.2, 0.25) is 0 Å². The number of primary sulfonamides is 1. The first-order valence-electron chi connectivity index (χ1n) is 8.91. The number of nitrogens with two attached hydrogens (primary N) is 1. The van der Waals surface area contributed by atoms with Crippen LogP contribution in [-0.2, 0) is 14.8 Å². The van der Waals surface area contributed by atoms with E-state index < -0.39 is 16.1 Å². The summed E-state index contributed by atoms with van der Waals surface area (Å²) in [6.07, 6.45) is 0.907. The van der Waals surface area contributed by atoms with Gasteiger partial charge in [0.25, 0.3) is 0 Å². The number of carbonyl (C=O) groups is 1. The van der Waals surface area contributed by atoms with Crippen LogP contribution in [0.3, 0.4) is 0 Å². The summed E-state index contributed by atoms with van der Waals surface area (Å²) in [6, 6.07) is 15.5. The van der Waals surface area contributed by atoms with Crippen molar-refractivity contribution < 1.29 is 13.2 Å². The van der Waals surface area contributed by atoms with Gasteiger partial charge in [-0.1, -0.05) is 44.2 Å². The van der Waals surface area contributed by atoms with E-state index in [0.717, 1.165) is 12.0 Å². The zero-order valence-corrected chi connectivity index (χ0v) is 16.7. The maximum absolute atomic E-state index is 12.5. The molecule has 146 valence electrons. The van der Waals surface area contributed by atoms with Crippen molar-refractivity contribution in [1.29, 1.82) is 0 Å². The van der Waals surface area contributed by atoms with Gasteiger partial charge in [0.2, 0.25) is 15.9 Å². The van der Waals surface area contributed by atoms with Crippen molar-refractivity contribution in [1.82, 2.24) is 5.32 Å². The van der Waals surface area contributed by atoms with Gasteiger partial charge in [0.05, 0.1) is 10.9 Å². The van der Waals surface area contributed by atoms with Gasteiger partial charge in [0.1, 0.15) is 0 Å². The van der Waals surface area contributed by atoms with Crippen LogP contribution in [-0.4, -0.2) is 20.4 Å². The van der Waals surface area contributed by atoms with Crippen LogP contribution in [0.1, 0.15) is 38.8 Å². The number of sulfonamides is 1. The van der Waals surface area contributed by atoms with Crippen molar-refractivity contribution in [2.45, 2.75) is 44.2 Å². The van der Waals surface area contributed by atoms with Gasteiger partial charge in [0, 0.05) is 11.7 Å². The number of rotatable bonds is 8. The van der Waals surface area contributed by atoms with Crippen LogP contribution in [0.5, 0.6) is 0 Å². The van der Waals surface area contributed by atoms with Gasteiger partial charge in [0.15, 0.2) is 0 Å². The van der Waals surface area contributed by atoms with E-state index in [1.807, 2.05) is 25.1 Å². The number of amides is 1. The van der Waals surface area contributed by atoms with Gasteiger partial charge >= 0.3 is 0 Å². The molecule has 0 fully saturated rings. The van der Waals surface area contributed by atoms with E-state index in [1.54, 1.807) is 0 Å². The fourth-order valence-electron chi connectivity index (χ4n) is 2.81. The van der Waals surface area contributed by atoms with Crippen LogP contribution in [0, 0.1) is 5.92 Å². The summed E-state index contributed by atoms with van der Waals surface area (Å²) in [5, 5.41) is 11.3. The third-order valence-electron chi connectivity index (χ3n) is 4.20. The lowest BCUT2D eigenvalue weighted by Gasteiger charge is -2.25. The number of hydrogen-bond donors (Lipinski definition) is 3. The van der Waals surface area contributed by atoms with Crippen LogP contribution in [0.4, 0.5) is 5.69 Å². The molecular weight excluding hydrogens is 362 g/mol. The van der Waals surface area contributed by atoms with E-state index in [-0.39, 0.29) is 16.8 Å². The minimum absolute atomic E-state index is 0.00717. The second kappa shape index (κ2) is 9.12. The average Bonchev–Trinajstić information content (AvgIpc) is 2.61. The Balaban J connectivity index is 2.04. The maximum atomic E-state index is 12.5. The molecule has 6 nitrogen and oxygen atoms in total. The smallest absolute Gasteiger partial charge is 0.241 e. The molecule has 0 bridgehead atoms. The lowest BCUT2D eigenvalue weighted by Crippen LogP contribution is -2.40. The Labute approximate surface area is 161 Å². The quantitative estimate of drug-likeness (QED) is 0.646. The highest BCUT2D eigenvalue weighted by molar-refractivity contribution is 7.89. The first-order valence-corrected chi connectivity index (χ1v) is 10.5. The Morgan fingerprint density at radius 1 is 1.00 bits per heavy atom. The molecule has 1 amide bonds. The topological polar surface area (TPSA) is 101 Å². The standard InChI is InChI=1S/C20H27N3O3S/c1-14(2)13-19(16-7-5-4-6-8-16)22-15(3)20(24)23-17-9-11-18(12-10-17)27(21,25)26/h4-12,14-15,19,22H,13H2,1-3H3,(H,23,24)(H2,21,25,26)/t15-,19+/m1/s1. The van der Waals surface area contributed by atoms with Gasteiger partial charge in [-0.2, -0.15) is 0 Å². The first kappa shape index (κ1) is 21.1. The third-order valence-corrected chi connectivity index (χ3v) is 5.13. The van der Waals surface area contributed by atoms with Crippen LogP contribution < -0.4 is 15.8 Å². The second-order valence-corrected chi connectivity index (χ2v) is 8.60. The van der Waals surface area contributed by atoms with Crippen molar-refractivity contribution in [3.63, 3.8) is 0 Å². The van der Waals surface area contributed by atoms with Crippen LogP contribution in [0.25, 0.3) is 0 Å². The second-order valence-electron chi connectivity index (χ2n) is 7.04. The summed E-state index contributed by atoms with van der Waals surface area (Å²) in [5.41, 5.74) is 1.66. The molecule has 0 aliphatic rings. The highest BCUT2D eigenvalue weighted by Crippen LogP contribution is 2.22. The fourth-order valence-corrected chi connectivity index (χ4v) is 3.33. The number of nitrogens with one attached hydrogen (secondary N) is 2. The summed E-state index contributed by atoms with van der Waals surface area (Å²) in [6.45, 7) is 6.11. The summed E-state index contributed by atoms with van der Waals surface area (Å²) in [5.74, 6) is 0.284. The number of benzene rings is 2. The molecule has 2 rings (SSSR count). The molecule has 0 saturated carbocycles. The Kier molecular flexibility index (Phi) is 7.12. The van der Waals surface area contributed by atoms with E-state index in [1.165, 1.54) is 24.3 Å². The van der Waals surface area contributed by atoms with Crippen LogP contribution >= 0.6 is 0 Å². The lowest BCUT2D eigenvalue weighted by molar-refractivity contribution is -0.118. The molecule has 7 heteroatoms. The molecule has 2 aromatic rings. The van der Waals surface area contributed by atoms with E-state index in [2.05, 4.69) is 36.6 Å². The minimum atomic E-state index is -3.75. The zero-order chi connectivity index (χ0) is 20.0. The summed E-state index contributed by atoms with van der Waals surface area (Å²) in [4.78, 5) is 12.5. The molecule has 0 saturated heterocycles. The SMILES string of the molecule is CC(C)C[C@H](N[C@H](C)C(=O)Nc1ccc(S(N)(=O)=O)cc1)c1ccccc1. The van der Waals surface area contributed by atoms with Crippen molar-refractivity contribution in [3.8, 4) is 0 Å². The summed E-state index contributed by atoms with van der Waals surface area (Å²) < 4.78 is 22.6. The number of carbonyl (C=O) groups excluding carboxylic acids is 1. The highest BCUT2D eigenvalue weighted by atomic mass is 32.2. The Morgan fingerprint density at radius 3 is 2.11 bits per heavy atom. The van der Waals surface area contributed by atoms with Crippen molar-refractivity contribution in [2.24, 2.45) is 11.1 Å². The van der Waals surface area contributed by atoms with Gasteiger partial charge in [-0.05, 0) is 49.1 Å². The minimum Gasteiger partial charge on any atom is -0.325 e. The molecule has 2 atom stereocenters. The highest BCUT2D eigenvalue weighted by Gasteiger charge is 2.20. The lowest BCUT2D eigenvalue weighted by atomic mass is 9.96.